The minimum atomic E-state index is -1.12. The summed E-state index contributed by atoms with van der Waals surface area (Å²) in [7, 11) is 1.63. The molecular weight excluding hydrogens is 470 g/mol. The number of aromatic nitrogens is 2. The zero-order chi connectivity index (χ0) is 26.8. The molecule has 1 amide bonds. The molecule has 0 bridgehead atoms. The Hall–Kier alpha value is -4.11. The van der Waals surface area contributed by atoms with Gasteiger partial charge in [0.05, 0.1) is 42.6 Å². The highest BCUT2D eigenvalue weighted by molar-refractivity contribution is 5.66. The number of hydrogen-bond donors (Lipinski definition) is 3. The number of carboxylic acid groups (broad SMARTS) is 1. The van der Waals surface area contributed by atoms with Crippen LogP contribution in [0.3, 0.4) is 0 Å². The molecule has 0 radical (unpaired) electrons. The maximum absolute atomic E-state index is 11.1. The Bertz CT molecular complexity index is 1290. The van der Waals surface area contributed by atoms with Gasteiger partial charge in [-0.25, -0.2) is 9.80 Å². The summed E-state index contributed by atoms with van der Waals surface area (Å²) in [5, 5.41) is 13.2. The van der Waals surface area contributed by atoms with E-state index in [-0.39, 0.29) is 11.3 Å². The summed E-state index contributed by atoms with van der Waals surface area (Å²) < 4.78 is 5.31. The molecule has 0 saturated carbocycles. The molecule has 1 unspecified atom stereocenters. The summed E-state index contributed by atoms with van der Waals surface area (Å²) in [5.41, 5.74) is 6.50. The smallest absolute Gasteiger partial charge is 0.405 e. The monoisotopic (exact) mass is 503 g/mol. The van der Waals surface area contributed by atoms with Crippen molar-refractivity contribution in [3.63, 3.8) is 0 Å². The maximum atomic E-state index is 11.1. The minimum Gasteiger partial charge on any atom is -0.495 e. The van der Waals surface area contributed by atoms with Crippen LogP contribution in [0.2, 0.25) is 0 Å². The average molecular weight is 504 g/mol. The van der Waals surface area contributed by atoms with Crippen LogP contribution in [0.25, 0.3) is 11.1 Å². The zero-order valence-corrected chi connectivity index (χ0v) is 21.9. The van der Waals surface area contributed by atoms with E-state index in [4.69, 9.17) is 19.7 Å². The first-order valence-electron chi connectivity index (χ1n) is 12.1. The van der Waals surface area contributed by atoms with E-state index in [0.29, 0.717) is 5.76 Å². The number of carbonyl (C=O) groups is 1. The number of hydrogen-bond acceptors (Lipinski definition) is 7. The van der Waals surface area contributed by atoms with Gasteiger partial charge in [-0.2, -0.15) is 0 Å². The van der Waals surface area contributed by atoms with E-state index in [1.54, 1.807) is 44.6 Å². The molecule has 0 fully saturated rings. The number of benzene rings is 1. The molecule has 3 heterocycles. The van der Waals surface area contributed by atoms with Crippen molar-refractivity contribution in [3.05, 3.63) is 84.3 Å². The molecule has 0 saturated heterocycles. The van der Waals surface area contributed by atoms with E-state index >= 15 is 0 Å². The molecule has 1 aliphatic heterocycles. The van der Waals surface area contributed by atoms with Crippen LogP contribution >= 0.6 is 0 Å². The standard InChI is InChI=1S/C28H33N5O4/c1-18(2)28(5,21-9-7-19(8-10-21)20-13-23(36-6)16-29-14-20)24-12-11-22(15-30-24)33-17-25(37-32-33)27(3,4)31-26(34)35/h7-18,31-32H,1-6H3,(H,34,35). The highest BCUT2D eigenvalue weighted by Crippen LogP contribution is 2.39. The van der Waals surface area contributed by atoms with Gasteiger partial charge in [0.25, 0.3) is 0 Å². The number of hydrazine groups is 1. The van der Waals surface area contributed by atoms with Crippen molar-refractivity contribution in [2.45, 2.75) is 45.6 Å². The van der Waals surface area contributed by atoms with Crippen LogP contribution in [0.5, 0.6) is 5.75 Å². The molecule has 3 aromatic rings. The SMILES string of the molecule is COc1cncc(-c2ccc(C(C)(c3ccc(N4C=C(C(C)(C)NC(=O)O)ON4)cn3)C(C)C)cc2)c1. The Labute approximate surface area is 217 Å². The molecule has 194 valence electrons. The number of methoxy groups -OCH3 is 1. The fraction of sp³-hybridized carbons (Fsp3) is 0.321. The van der Waals surface area contributed by atoms with Crippen molar-refractivity contribution >= 4 is 11.8 Å². The third kappa shape index (κ3) is 5.22. The van der Waals surface area contributed by atoms with E-state index in [9.17, 15) is 4.79 Å². The Balaban J connectivity index is 1.58. The van der Waals surface area contributed by atoms with Crippen LogP contribution in [0, 0.1) is 5.92 Å². The number of pyridine rings is 2. The summed E-state index contributed by atoms with van der Waals surface area (Å²) in [6, 6.07) is 14.4. The van der Waals surface area contributed by atoms with Crippen LogP contribution in [0.4, 0.5) is 10.5 Å². The third-order valence-electron chi connectivity index (χ3n) is 7.02. The van der Waals surface area contributed by atoms with Gasteiger partial charge < -0.3 is 20.0 Å². The maximum Gasteiger partial charge on any atom is 0.405 e. The van der Waals surface area contributed by atoms with E-state index in [2.05, 4.69) is 60.9 Å². The van der Waals surface area contributed by atoms with Gasteiger partial charge in [0.2, 0.25) is 0 Å². The molecule has 1 aromatic carbocycles. The number of nitrogens with one attached hydrogen (secondary N) is 2. The highest BCUT2D eigenvalue weighted by atomic mass is 16.7. The fourth-order valence-electron chi connectivity index (χ4n) is 4.32. The van der Waals surface area contributed by atoms with Gasteiger partial charge in [0.1, 0.15) is 5.75 Å². The molecule has 3 N–H and O–H groups in total. The second-order valence-electron chi connectivity index (χ2n) is 10.1. The largest absolute Gasteiger partial charge is 0.495 e. The van der Waals surface area contributed by atoms with E-state index in [1.165, 1.54) is 0 Å². The quantitative estimate of drug-likeness (QED) is 0.382. The van der Waals surface area contributed by atoms with Gasteiger partial charge in [-0.05, 0) is 56.0 Å². The summed E-state index contributed by atoms with van der Waals surface area (Å²) in [6.45, 7) is 10.0. The van der Waals surface area contributed by atoms with Crippen molar-refractivity contribution in [1.29, 1.82) is 0 Å². The number of nitrogens with zero attached hydrogens (tertiary/aromatic N) is 3. The molecule has 4 rings (SSSR count). The predicted octanol–water partition coefficient (Wildman–Crippen LogP) is 5.26. The summed E-state index contributed by atoms with van der Waals surface area (Å²) in [5.74, 6) is 1.44. The Morgan fingerprint density at radius 2 is 1.81 bits per heavy atom. The van der Waals surface area contributed by atoms with E-state index in [0.717, 1.165) is 33.8 Å². The normalized spacial score (nSPS) is 15.1. The lowest BCUT2D eigenvalue weighted by atomic mass is 9.70. The molecule has 9 heteroatoms. The average Bonchev–Trinajstić information content (AvgIpc) is 3.39. The molecule has 0 spiro atoms. The Morgan fingerprint density at radius 3 is 2.41 bits per heavy atom. The van der Waals surface area contributed by atoms with Crippen LogP contribution < -0.4 is 20.7 Å². The number of rotatable bonds is 8. The number of ether oxygens (including phenoxy) is 1. The predicted molar refractivity (Wildman–Crippen MR) is 142 cm³/mol. The molecule has 2 aromatic heterocycles. The minimum absolute atomic E-state index is 0.276. The first-order chi connectivity index (χ1) is 17.5. The van der Waals surface area contributed by atoms with E-state index in [1.807, 2.05) is 24.4 Å². The van der Waals surface area contributed by atoms with Gasteiger partial charge in [-0.1, -0.05) is 43.7 Å². The van der Waals surface area contributed by atoms with Crippen molar-refractivity contribution in [1.82, 2.24) is 20.9 Å². The summed E-state index contributed by atoms with van der Waals surface area (Å²) >= 11 is 0. The Morgan fingerprint density at radius 1 is 1.08 bits per heavy atom. The van der Waals surface area contributed by atoms with Gasteiger partial charge in [0.15, 0.2) is 5.76 Å². The second kappa shape index (κ2) is 10.1. The lowest BCUT2D eigenvalue weighted by Crippen LogP contribution is -2.44. The summed E-state index contributed by atoms with van der Waals surface area (Å²) in [4.78, 5) is 25.7. The number of amides is 1. The van der Waals surface area contributed by atoms with Crippen LogP contribution in [0.15, 0.2) is 73.0 Å². The highest BCUT2D eigenvalue weighted by Gasteiger charge is 2.35. The van der Waals surface area contributed by atoms with Crippen molar-refractivity contribution in [2.24, 2.45) is 5.92 Å². The van der Waals surface area contributed by atoms with Gasteiger partial charge in [0, 0.05) is 17.2 Å². The van der Waals surface area contributed by atoms with Crippen molar-refractivity contribution in [3.8, 4) is 16.9 Å². The fourth-order valence-corrected chi connectivity index (χ4v) is 4.32. The van der Waals surface area contributed by atoms with E-state index < -0.39 is 11.6 Å². The van der Waals surface area contributed by atoms with Gasteiger partial charge >= 0.3 is 6.09 Å². The molecule has 9 nitrogen and oxygen atoms in total. The molecule has 0 aliphatic carbocycles. The Kier molecular flexibility index (Phi) is 7.09. The topological polar surface area (TPSA) is 109 Å². The molecule has 37 heavy (non-hydrogen) atoms. The van der Waals surface area contributed by atoms with Crippen molar-refractivity contribution < 1.29 is 19.5 Å². The zero-order valence-electron chi connectivity index (χ0n) is 21.9. The van der Waals surface area contributed by atoms with Gasteiger partial charge in [-0.15, -0.1) is 0 Å². The van der Waals surface area contributed by atoms with Crippen LogP contribution in [0.1, 0.15) is 45.9 Å². The molecular formula is C28H33N5O4. The third-order valence-corrected chi connectivity index (χ3v) is 7.02. The molecule has 1 aliphatic rings. The number of anilines is 1. The lowest BCUT2D eigenvalue weighted by Gasteiger charge is -2.34. The van der Waals surface area contributed by atoms with Crippen LogP contribution in [-0.4, -0.2) is 33.8 Å². The van der Waals surface area contributed by atoms with Crippen molar-refractivity contribution in [2.75, 3.05) is 12.1 Å². The summed E-state index contributed by atoms with van der Waals surface area (Å²) in [6.07, 6.45) is 5.88. The second-order valence-corrected chi connectivity index (χ2v) is 10.1. The first kappa shape index (κ1) is 26.0. The first-order valence-corrected chi connectivity index (χ1v) is 12.1. The van der Waals surface area contributed by atoms with Gasteiger partial charge in [-0.3, -0.25) is 9.97 Å². The van der Waals surface area contributed by atoms with Crippen LogP contribution in [-0.2, 0) is 10.3 Å². The lowest BCUT2D eigenvalue weighted by molar-refractivity contribution is 0.0947. The molecule has 1 atom stereocenters.